The fraction of sp³-hybridized carbons (Fsp3) is 0. The molecule has 0 unspecified atom stereocenters. The van der Waals surface area contributed by atoms with Crippen molar-refractivity contribution in [3.8, 4) is 0 Å². The van der Waals surface area contributed by atoms with Crippen LogP contribution in [0.1, 0.15) is 0 Å². The fourth-order valence-electron chi connectivity index (χ4n) is 1.34. The number of benzene rings is 1. The highest BCUT2D eigenvalue weighted by Gasteiger charge is 1.98. The summed E-state index contributed by atoms with van der Waals surface area (Å²) in [6.07, 6.45) is 0. The minimum absolute atomic E-state index is 0.0642. The molecular weight excluding hydrogens is 302 g/mol. The smallest absolute Gasteiger partial charge is 0.202 e. The normalized spacial score (nSPS) is 10.0. The third-order valence-corrected chi connectivity index (χ3v) is 2.97. The molecule has 0 bridgehead atoms. The van der Waals surface area contributed by atoms with E-state index in [1.807, 2.05) is 18.2 Å². The SMILES string of the molecule is O=c1ccc(Br)ccc1Nc1ccc(Cl)cc1. The third kappa shape index (κ3) is 3.32. The molecule has 0 saturated carbocycles. The average Bonchev–Trinajstić information content (AvgIpc) is 2.47. The van der Waals surface area contributed by atoms with Gasteiger partial charge < -0.3 is 5.32 Å². The van der Waals surface area contributed by atoms with Crippen molar-refractivity contribution in [2.24, 2.45) is 0 Å². The van der Waals surface area contributed by atoms with Crippen molar-refractivity contribution in [2.45, 2.75) is 0 Å². The van der Waals surface area contributed by atoms with Crippen molar-refractivity contribution in [2.75, 3.05) is 5.32 Å². The van der Waals surface area contributed by atoms with Crippen LogP contribution in [-0.2, 0) is 0 Å². The molecular formula is C13H9BrClNO. The number of rotatable bonds is 2. The second-order valence-electron chi connectivity index (χ2n) is 3.46. The molecule has 0 heterocycles. The second kappa shape index (κ2) is 5.34. The van der Waals surface area contributed by atoms with Crippen LogP contribution in [0.4, 0.5) is 11.4 Å². The van der Waals surface area contributed by atoms with Gasteiger partial charge in [-0.1, -0.05) is 27.5 Å². The zero-order valence-electron chi connectivity index (χ0n) is 8.78. The van der Waals surface area contributed by atoms with Crippen molar-refractivity contribution in [1.29, 1.82) is 0 Å². The Morgan fingerprint density at radius 3 is 2.29 bits per heavy atom. The largest absolute Gasteiger partial charge is 0.352 e. The van der Waals surface area contributed by atoms with Gasteiger partial charge in [-0.05, 0) is 48.5 Å². The molecule has 0 spiro atoms. The van der Waals surface area contributed by atoms with E-state index in [0.717, 1.165) is 10.2 Å². The molecule has 2 aromatic rings. The Bertz CT molecular complexity index is 584. The van der Waals surface area contributed by atoms with E-state index in [-0.39, 0.29) is 5.43 Å². The van der Waals surface area contributed by atoms with E-state index in [0.29, 0.717) is 10.7 Å². The Balaban J connectivity index is 2.34. The Labute approximate surface area is 112 Å². The molecule has 0 aliphatic heterocycles. The van der Waals surface area contributed by atoms with E-state index in [2.05, 4.69) is 21.2 Å². The molecule has 0 saturated heterocycles. The second-order valence-corrected chi connectivity index (χ2v) is 4.81. The summed E-state index contributed by atoms with van der Waals surface area (Å²) in [4.78, 5) is 11.7. The Morgan fingerprint density at radius 1 is 0.941 bits per heavy atom. The molecule has 86 valence electrons. The summed E-state index contributed by atoms with van der Waals surface area (Å²) < 4.78 is 0.860. The number of anilines is 2. The van der Waals surface area contributed by atoms with Gasteiger partial charge >= 0.3 is 0 Å². The first kappa shape index (κ1) is 12.1. The Kier molecular flexibility index (Phi) is 3.82. The molecule has 2 nitrogen and oxygen atoms in total. The molecule has 1 N–H and O–H groups in total. The first-order valence-electron chi connectivity index (χ1n) is 4.97. The summed E-state index contributed by atoms with van der Waals surface area (Å²) in [7, 11) is 0. The third-order valence-electron chi connectivity index (χ3n) is 2.19. The van der Waals surface area contributed by atoms with Gasteiger partial charge in [-0.2, -0.15) is 0 Å². The van der Waals surface area contributed by atoms with Gasteiger partial charge in [-0.3, -0.25) is 4.79 Å². The van der Waals surface area contributed by atoms with Crippen LogP contribution in [0.2, 0.25) is 5.02 Å². The highest BCUT2D eigenvalue weighted by atomic mass is 79.9. The van der Waals surface area contributed by atoms with Gasteiger partial charge in [-0.25, -0.2) is 0 Å². The summed E-state index contributed by atoms with van der Waals surface area (Å²) in [5, 5.41) is 3.72. The van der Waals surface area contributed by atoms with Gasteiger partial charge in [0.05, 0.1) is 5.69 Å². The average molecular weight is 311 g/mol. The van der Waals surface area contributed by atoms with Gasteiger partial charge in [0.25, 0.3) is 0 Å². The molecule has 2 aromatic carbocycles. The molecule has 0 amide bonds. The zero-order chi connectivity index (χ0) is 12.3. The Hall–Kier alpha value is -1.32. The standard InChI is InChI=1S/C13H9BrClNO/c14-9-1-7-12(13(17)8-2-9)16-11-5-3-10(15)4-6-11/h1-8H,(H,16,17). The predicted molar refractivity (Wildman–Crippen MR) is 75.1 cm³/mol. The van der Waals surface area contributed by atoms with E-state index in [1.54, 1.807) is 24.3 Å². The summed E-state index contributed by atoms with van der Waals surface area (Å²) in [6, 6.07) is 14.0. The number of hydrogen-bond acceptors (Lipinski definition) is 2. The summed E-state index contributed by atoms with van der Waals surface area (Å²) in [5.74, 6) is 0. The fourth-order valence-corrected chi connectivity index (χ4v) is 1.73. The monoisotopic (exact) mass is 309 g/mol. The van der Waals surface area contributed by atoms with Gasteiger partial charge in [0.2, 0.25) is 5.43 Å². The van der Waals surface area contributed by atoms with Gasteiger partial charge in [0, 0.05) is 15.2 Å². The lowest BCUT2D eigenvalue weighted by Crippen LogP contribution is -2.03. The molecule has 2 rings (SSSR count). The van der Waals surface area contributed by atoms with Crippen molar-refractivity contribution in [3.05, 3.63) is 68.2 Å². The predicted octanol–water partition coefficient (Wildman–Crippen LogP) is 4.21. The highest BCUT2D eigenvalue weighted by molar-refractivity contribution is 9.10. The van der Waals surface area contributed by atoms with Crippen molar-refractivity contribution >= 4 is 38.9 Å². The van der Waals surface area contributed by atoms with Gasteiger partial charge in [-0.15, -0.1) is 0 Å². The Morgan fingerprint density at radius 2 is 1.59 bits per heavy atom. The number of nitrogens with one attached hydrogen (secondary N) is 1. The summed E-state index contributed by atoms with van der Waals surface area (Å²) >= 11 is 9.11. The zero-order valence-corrected chi connectivity index (χ0v) is 11.1. The van der Waals surface area contributed by atoms with Gasteiger partial charge in [0.1, 0.15) is 0 Å². The molecule has 0 aromatic heterocycles. The minimum Gasteiger partial charge on any atom is -0.352 e. The van der Waals surface area contributed by atoms with Crippen LogP contribution in [0, 0.1) is 0 Å². The maximum absolute atomic E-state index is 11.7. The lowest BCUT2D eigenvalue weighted by atomic mass is 10.3. The molecule has 0 atom stereocenters. The van der Waals surface area contributed by atoms with Gasteiger partial charge in [0.15, 0.2) is 0 Å². The van der Waals surface area contributed by atoms with E-state index in [4.69, 9.17) is 11.6 Å². The first-order chi connectivity index (χ1) is 8.15. The lowest BCUT2D eigenvalue weighted by Gasteiger charge is -2.03. The molecule has 0 aliphatic rings. The molecule has 17 heavy (non-hydrogen) atoms. The summed E-state index contributed by atoms with van der Waals surface area (Å²) in [6.45, 7) is 0. The maximum Gasteiger partial charge on any atom is 0.202 e. The van der Waals surface area contributed by atoms with Crippen LogP contribution in [0.5, 0.6) is 0 Å². The molecule has 4 heteroatoms. The number of halogens is 2. The maximum atomic E-state index is 11.7. The van der Waals surface area contributed by atoms with Crippen LogP contribution in [-0.4, -0.2) is 0 Å². The quantitative estimate of drug-likeness (QED) is 0.900. The van der Waals surface area contributed by atoms with Crippen molar-refractivity contribution in [1.82, 2.24) is 0 Å². The highest BCUT2D eigenvalue weighted by Crippen LogP contribution is 2.17. The molecule has 0 aliphatic carbocycles. The van der Waals surface area contributed by atoms with Crippen LogP contribution >= 0.6 is 27.5 Å². The minimum atomic E-state index is -0.0642. The van der Waals surface area contributed by atoms with Crippen LogP contribution in [0.3, 0.4) is 0 Å². The van der Waals surface area contributed by atoms with E-state index in [9.17, 15) is 4.79 Å². The lowest BCUT2D eigenvalue weighted by molar-refractivity contribution is 1.53. The van der Waals surface area contributed by atoms with E-state index < -0.39 is 0 Å². The molecule has 0 radical (unpaired) electrons. The van der Waals surface area contributed by atoms with Crippen molar-refractivity contribution < 1.29 is 0 Å². The van der Waals surface area contributed by atoms with Crippen LogP contribution < -0.4 is 10.7 Å². The molecule has 0 fully saturated rings. The van der Waals surface area contributed by atoms with E-state index >= 15 is 0 Å². The van der Waals surface area contributed by atoms with Crippen LogP contribution in [0.15, 0.2) is 57.8 Å². The summed E-state index contributed by atoms with van der Waals surface area (Å²) in [5.41, 5.74) is 1.29. The van der Waals surface area contributed by atoms with Crippen molar-refractivity contribution in [3.63, 3.8) is 0 Å². The first-order valence-corrected chi connectivity index (χ1v) is 6.15. The number of hydrogen-bond donors (Lipinski definition) is 1. The van der Waals surface area contributed by atoms with E-state index in [1.165, 1.54) is 6.07 Å². The van der Waals surface area contributed by atoms with Crippen LogP contribution in [0.25, 0.3) is 0 Å². The topological polar surface area (TPSA) is 29.1 Å².